The van der Waals surface area contributed by atoms with Crippen molar-refractivity contribution < 1.29 is 5.11 Å². The second-order valence-corrected chi connectivity index (χ2v) is 5.89. The fraction of sp³-hybridized carbons (Fsp3) is 1.00. The molecule has 0 amide bonds. The minimum atomic E-state index is 0.0348. The topological polar surface area (TPSA) is 61.5 Å². The van der Waals surface area contributed by atoms with Crippen LogP contribution in [0.3, 0.4) is 0 Å². The molecule has 1 heterocycles. The number of nitrogens with zero attached hydrogens (tertiary/aromatic N) is 1. The number of rotatable bonds is 6. The van der Waals surface area contributed by atoms with Crippen molar-refractivity contribution >= 4 is 0 Å². The van der Waals surface area contributed by atoms with E-state index in [1.54, 1.807) is 0 Å². The Morgan fingerprint density at radius 2 is 2.00 bits per heavy atom. The number of aliphatic hydroxyl groups is 1. The Kier molecular flexibility index (Phi) is 5.38. The second-order valence-electron chi connectivity index (χ2n) is 5.89. The Morgan fingerprint density at radius 1 is 1.35 bits per heavy atom. The van der Waals surface area contributed by atoms with Gasteiger partial charge in [0.15, 0.2) is 0 Å². The zero-order valence-electron chi connectivity index (χ0n) is 11.7. The van der Waals surface area contributed by atoms with Crippen molar-refractivity contribution in [1.82, 2.24) is 10.2 Å². The van der Waals surface area contributed by atoms with Gasteiger partial charge in [-0.2, -0.15) is 0 Å². The van der Waals surface area contributed by atoms with Crippen molar-refractivity contribution in [2.75, 3.05) is 26.2 Å². The lowest BCUT2D eigenvalue weighted by atomic mass is 9.94. The number of hydrogen-bond acceptors (Lipinski definition) is 4. The third kappa shape index (κ3) is 3.65. The Morgan fingerprint density at radius 3 is 2.41 bits per heavy atom. The van der Waals surface area contributed by atoms with Crippen molar-refractivity contribution in [3.05, 3.63) is 0 Å². The van der Waals surface area contributed by atoms with Crippen molar-refractivity contribution in [3.8, 4) is 0 Å². The normalized spacial score (nSPS) is 29.8. The maximum absolute atomic E-state index is 9.19. The highest BCUT2D eigenvalue weighted by atomic mass is 16.3. The zero-order chi connectivity index (χ0) is 13.1. The van der Waals surface area contributed by atoms with Crippen LogP contribution in [0.15, 0.2) is 0 Å². The highest BCUT2D eigenvalue weighted by Gasteiger charge is 2.38. The summed E-state index contributed by atoms with van der Waals surface area (Å²) in [7, 11) is 0. The standard InChI is InChI=1S/C13H29N3O/c1-10(2)16-6-5-13(8-14,9-16)15-12(4)11(3)7-17/h10-12,15,17H,5-9,14H2,1-4H3. The molecule has 1 aliphatic heterocycles. The van der Waals surface area contributed by atoms with Crippen molar-refractivity contribution in [2.24, 2.45) is 11.7 Å². The summed E-state index contributed by atoms with van der Waals surface area (Å²) in [6.45, 7) is 11.7. The largest absolute Gasteiger partial charge is 0.396 e. The van der Waals surface area contributed by atoms with E-state index in [2.05, 4.69) is 37.9 Å². The van der Waals surface area contributed by atoms with Gasteiger partial charge in [0.25, 0.3) is 0 Å². The molecule has 17 heavy (non-hydrogen) atoms. The third-order valence-electron chi connectivity index (χ3n) is 4.18. The predicted octanol–water partition coefficient (Wildman–Crippen LogP) is 0.405. The Labute approximate surface area is 106 Å². The number of hydrogen-bond donors (Lipinski definition) is 3. The molecule has 0 aromatic rings. The second kappa shape index (κ2) is 6.14. The van der Waals surface area contributed by atoms with E-state index in [0.29, 0.717) is 18.6 Å². The molecule has 0 aromatic heterocycles. The summed E-state index contributed by atoms with van der Waals surface area (Å²) in [5, 5.41) is 12.8. The number of nitrogens with one attached hydrogen (secondary N) is 1. The summed E-state index contributed by atoms with van der Waals surface area (Å²) in [4.78, 5) is 2.47. The average Bonchev–Trinajstić information content (AvgIpc) is 2.73. The van der Waals surface area contributed by atoms with Crippen molar-refractivity contribution in [3.63, 3.8) is 0 Å². The van der Waals surface area contributed by atoms with E-state index in [1.165, 1.54) is 0 Å². The Balaban J connectivity index is 2.59. The molecule has 0 saturated carbocycles. The van der Waals surface area contributed by atoms with E-state index in [1.807, 2.05) is 0 Å². The van der Waals surface area contributed by atoms with E-state index < -0.39 is 0 Å². The molecule has 0 aliphatic carbocycles. The van der Waals surface area contributed by atoms with Gasteiger partial charge in [0.1, 0.15) is 0 Å². The minimum Gasteiger partial charge on any atom is -0.396 e. The molecule has 0 radical (unpaired) electrons. The molecule has 3 atom stereocenters. The zero-order valence-corrected chi connectivity index (χ0v) is 11.7. The van der Waals surface area contributed by atoms with Gasteiger partial charge < -0.3 is 16.2 Å². The van der Waals surface area contributed by atoms with E-state index in [9.17, 15) is 5.11 Å². The molecule has 0 spiro atoms. The van der Waals surface area contributed by atoms with Crippen molar-refractivity contribution in [2.45, 2.75) is 51.7 Å². The fourth-order valence-corrected chi connectivity index (χ4v) is 2.47. The quantitative estimate of drug-likeness (QED) is 0.632. The summed E-state index contributed by atoms with van der Waals surface area (Å²) < 4.78 is 0. The summed E-state index contributed by atoms with van der Waals surface area (Å²) in [5.41, 5.74) is 6.00. The van der Waals surface area contributed by atoms with Crippen LogP contribution in [0.2, 0.25) is 0 Å². The van der Waals surface area contributed by atoms with E-state index in [0.717, 1.165) is 19.5 Å². The first-order valence-electron chi connectivity index (χ1n) is 6.77. The van der Waals surface area contributed by atoms with Crippen LogP contribution in [-0.4, -0.2) is 53.9 Å². The first-order valence-corrected chi connectivity index (χ1v) is 6.77. The molecular formula is C13H29N3O. The van der Waals surface area contributed by atoms with E-state index in [4.69, 9.17) is 5.73 Å². The van der Waals surface area contributed by atoms with Gasteiger partial charge in [-0.25, -0.2) is 0 Å². The van der Waals surface area contributed by atoms with Crippen LogP contribution in [0, 0.1) is 5.92 Å². The van der Waals surface area contributed by atoms with Gasteiger partial charge in [-0.15, -0.1) is 0 Å². The SMILES string of the molecule is CC(CO)C(C)NC1(CN)CCN(C(C)C)C1. The van der Waals surface area contributed by atoms with Gasteiger partial charge in [0.2, 0.25) is 0 Å². The molecule has 0 bridgehead atoms. The van der Waals surface area contributed by atoms with Gasteiger partial charge >= 0.3 is 0 Å². The predicted molar refractivity (Wildman–Crippen MR) is 72.0 cm³/mol. The van der Waals surface area contributed by atoms with Crippen LogP contribution in [0.5, 0.6) is 0 Å². The molecule has 102 valence electrons. The molecule has 1 aliphatic rings. The summed E-state index contributed by atoms with van der Waals surface area (Å²) >= 11 is 0. The fourth-order valence-electron chi connectivity index (χ4n) is 2.47. The average molecular weight is 243 g/mol. The smallest absolute Gasteiger partial charge is 0.0471 e. The van der Waals surface area contributed by atoms with Gasteiger partial charge in [-0.3, -0.25) is 4.90 Å². The third-order valence-corrected chi connectivity index (χ3v) is 4.18. The lowest BCUT2D eigenvalue weighted by Crippen LogP contribution is -2.58. The Hall–Kier alpha value is -0.160. The molecule has 1 fully saturated rings. The van der Waals surface area contributed by atoms with Crippen LogP contribution in [0.1, 0.15) is 34.1 Å². The number of nitrogens with two attached hydrogens (primary N) is 1. The number of likely N-dealkylation sites (tertiary alicyclic amines) is 1. The molecule has 3 unspecified atom stereocenters. The Bertz CT molecular complexity index is 235. The maximum Gasteiger partial charge on any atom is 0.0471 e. The lowest BCUT2D eigenvalue weighted by Gasteiger charge is -2.35. The molecule has 4 nitrogen and oxygen atoms in total. The summed E-state index contributed by atoms with van der Waals surface area (Å²) in [6, 6.07) is 0.881. The summed E-state index contributed by atoms with van der Waals surface area (Å²) in [5.74, 6) is 0.270. The van der Waals surface area contributed by atoms with Crippen LogP contribution in [0.25, 0.3) is 0 Å². The van der Waals surface area contributed by atoms with Crippen LogP contribution >= 0.6 is 0 Å². The molecule has 4 heteroatoms. The monoisotopic (exact) mass is 243 g/mol. The minimum absolute atomic E-state index is 0.0348. The molecule has 1 rings (SSSR count). The highest BCUT2D eigenvalue weighted by Crippen LogP contribution is 2.23. The number of aliphatic hydroxyl groups excluding tert-OH is 1. The van der Waals surface area contributed by atoms with Gasteiger partial charge in [-0.05, 0) is 33.1 Å². The van der Waals surface area contributed by atoms with E-state index >= 15 is 0 Å². The first-order chi connectivity index (χ1) is 7.94. The van der Waals surface area contributed by atoms with Gasteiger partial charge in [-0.1, -0.05) is 6.92 Å². The highest BCUT2D eigenvalue weighted by molar-refractivity contribution is 5.00. The maximum atomic E-state index is 9.19. The molecular weight excluding hydrogens is 214 g/mol. The first kappa shape index (κ1) is 14.9. The molecule has 1 saturated heterocycles. The van der Waals surface area contributed by atoms with Crippen LogP contribution < -0.4 is 11.1 Å². The molecule has 0 aromatic carbocycles. The van der Waals surface area contributed by atoms with Crippen molar-refractivity contribution in [1.29, 1.82) is 0 Å². The summed E-state index contributed by atoms with van der Waals surface area (Å²) in [6.07, 6.45) is 1.10. The van der Waals surface area contributed by atoms with Gasteiger partial charge in [0, 0.05) is 43.9 Å². The lowest BCUT2D eigenvalue weighted by molar-refractivity contribution is 0.174. The van der Waals surface area contributed by atoms with Crippen LogP contribution in [-0.2, 0) is 0 Å². The van der Waals surface area contributed by atoms with Gasteiger partial charge in [0.05, 0.1) is 0 Å². The molecule has 4 N–H and O–H groups in total. The van der Waals surface area contributed by atoms with Crippen LogP contribution in [0.4, 0.5) is 0 Å². The van der Waals surface area contributed by atoms with E-state index in [-0.39, 0.29) is 18.1 Å².